The lowest BCUT2D eigenvalue weighted by atomic mass is 9.83. The molecule has 178 valence electrons. The van der Waals surface area contributed by atoms with Crippen molar-refractivity contribution in [1.29, 1.82) is 0 Å². The van der Waals surface area contributed by atoms with E-state index in [4.69, 9.17) is 5.10 Å². The van der Waals surface area contributed by atoms with E-state index in [1.54, 1.807) is 17.0 Å². The SMILES string of the molecule is O=C1N(Cc2ccccc2)N=C(C2CCCCC2)c2cc(Br)ccc2N1c1ccc([N+](=O)[O-])cc1. The summed E-state index contributed by atoms with van der Waals surface area (Å²) in [5.41, 5.74) is 4.08. The smallest absolute Gasteiger partial charge is 0.261 e. The van der Waals surface area contributed by atoms with E-state index in [1.165, 1.54) is 23.6 Å². The topological polar surface area (TPSA) is 79.0 Å². The van der Waals surface area contributed by atoms with Gasteiger partial charge in [-0.3, -0.25) is 15.0 Å². The van der Waals surface area contributed by atoms with Gasteiger partial charge in [0.05, 0.1) is 28.6 Å². The monoisotopic (exact) mass is 532 g/mol. The zero-order chi connectivity index (χ0) is 24.4. The summed E-state index contributed by atoms with van der Waals surface area (Å²) in [6.07, 6.45) is 5.58. The third-order valence-corrected chi connectivity index (χ3v) is 7.10. The Morgan fingerprint density at radius 1 is 0.971 bits per heavy atom. The van der Waals surface area contributed by atoms with Crippen LogP contribution in [0.3, 0.4) is 0 Å². The van der Waals surface area contributed by atoms with E-state index in [0.717, 1.165) is 52.7 Å². The van der Waals surface area contributed by atoms with Crippen LogP contribution in [0.5, 0.6) is 0 Å². The number of hydrogen-bond acceptors (Lipinski definition) is 4. The van der Waals surface area contributed by atoms with Gasteiger partial charge >= 0.3 is 6.03 Å². The number of non-ortho nitro benzene ring substituents is 1. The first-order valence-corrected chi connectivity index (χ1v) is 12.6. The zero-order valence-electron chi connectivity index (χ0n) is 19.1. The van der Waals surface area contributed by atoms with Crippen molar-refractivity contribution in [3.05, 3.63) is 98.5 Å². The Kier molecular flexibility index (Phi) is 6.63. The number of rotatable bonds is 5. The van der Waals surface area contributed by atoms with E-state index in [2.05, 4.69) is 15.9 Å². The number of anilines is 2. The Bertz CT molecular complexity index is 1270. The van der Waals surface area contributed by atoms with Crippen LogP contribution in [0.2, 0.25) is 0 Å². The van der Waals surface area contributed by atoms with Gasteiger partial charge in [0.25, 0.3) is 5.69 Å². The van der Waals surface area contributed by atoms with Crippen molar-refractivity contribution in [1.82, 2.24) is 5.01 Å². The Morgan fingerprint density at radius 2 is 1.69 bits per heavy atom. The summed E-state index contributed by atoms with van der Waals surface area (Å²) in [6.45, 7) is 0.328. The highest BCUT2D eigenvalue weighted by molar-refractivity contribution is 9.10. The zero-order valence-corrected chi connectivity index (χ0v) is 20.7. The summed E-state index contributed by atoms with van der Waals surface area (Å²) >= 11 is 3.61. The molecule has 1 fully saturated rings. The Balaban J connectivity index is 1.66. The van der Waals surface area contributed by atoms with Crippen molar-refractivity contribution in [2.45, 2.75) is 38.6 Å². The highest BCUT2D eigenvalue weighted by Gasteiger charge is 2.34. The molecule has 0 radical (unpaired) electrons. The highest BCUT2D eigenvalue weighted by Crippen LogP contribution is 2.39. The molecule has 5 rings (SSSR count). The molecule has 7 nitrogen and oxygen atoms in total. The molecule has 0 N–H and O–H groups in total. The van der Waals surface area contributed by atoms with Gasteiger partial charge in [-0.2, -0.15) is 5.10 Å². The number of benzene rings is 3. The minimum Gasteiger partial charge on any atom is -0.261 e. The van der Waals surface area contributed by atoms with Gasteiger partial charge in [-0.25, -0.2) is 9.80 Å². The van der Waals surface area contributed by atoms with Crippen LogP contribution in [0.25, 0.3) is 0 Å². The molecule has 35 heavy (non-hydrogen) atoms. The van der Waals surface area contributed by atoms with Gasteiger partial charge in [-0.1, -0.05) is 65.5 Å². The molecule has 1 saturated carbocycles. The normalized spacial score (nSPS) is 16.5. The van der Waals surface area contributed by atoms with E-state index in [0.29, 0.717) is 12.2 Å². The van der Waals surface area contributed by atoms with Gasteiger partial charge in [-0.05, 0) is 48.7 Å². The van der Waals surface area contributed by atoms with Crippen LogP contribution < -0.4 is 4.90 Å². The Hall–Kier alpha value is -3.52. The summed E-state index contributed by atoms with van der Waals surface area (Å²) in [4.78, 5) is 26.4. The van der Waals surface area contributed by atoms with Gasteiger partial charge in [0.2, 0.25) is 0 Å². The lowest BCUT2D eigenvalue weighted by molar-refractivity contribution is -0.384. The molecule has 0 saturated heterocycles. The summed E-state index contributed by atoms with van der Waals surface area (Å²) < 4.78 is 0.910. The first-order chi connectivity index (χ1) is 17.0. The largest absolute Gasteiger partial charge is 0.349 e. The van der Waals surface area contributed by atoms with Crippen molar-refractivity contribution in [2.24, 2.45) is 11.0 Å². The van der Waals surface area contributed by atoms with Crippen LogP contribution in [0.15, 0.2) is 82.4 Å². The van der Waals surface area contributed by atoms with Gasteiger partial charge in [0.15, 0.2) is 0 Å². The number of amides is 2. The Morgan fingerprint density at radius 3 is 2.37 bits per heavy atom. The van der Waals surface area contributed by atoms with Crippen LogP contribution in [-0.4, -0.2) is 21.7 Å². The number of nitro groups is 1. The fraction of sp³-hybridized carbons (Fsp3) is 0.259. The maximum atomic E-state index is 14.0. The number of halogens is 1. The highest BCUT2D eigenvalue weighted by atomic mass is 79.9. The summed E-state index contributed by atoms with van der Waals surface area (Å²) in [6, 6.07) is 21.5. The molecule has 3 aromatic carbocycles. The molecule has 1 aliphatic heterocycles. The predicted octanol–water partition coefficient (Wildman–Crippen LogP) is 7.42. The predicted molar refractivity (Wildman–Crippen MR) is 140 cm³/mol. The van der Waals surface area contributed by atoms with Crippen molar-refractivity contribution >= 4 is 44.7 Å². The quantitative estimate of drug-likeness (QED) is 0.253. The standard InChI is InChI=1S/C27H25BrN4O3/c28-21-11-16-25-24(17-21)26(20-9-5-2-6-10-20)29-30(18-19-7-3-1-4-8-19)27(33)31(25)22-12-14-23(15-13-22)32(34)35/h1,3-4,7-8,11-17,20H,2,5-6,9-10,18H2. The molecule has 2 amide bonds. The summed E-state index contributed by atoms with van der Waals surface area (Å²) in [5.74, 6) is 0.264. The molecule has 0 unspecified atom stereocenters. The molecule has 0 bridgehead atoms. The average molecular weight is 533 g/mol. The first kappa shape index (κ1) is 23.2. The first-order valence-electron chi connectivity index (χ1n) is 11.8. The molecular formula is C27H25BrN4O3. The maximum absolute atomic E-state index is 14.0. The number of hydrazone groups is 1. The van der Waals surface area contributed by atoms with Gasteiger partial charge < -0.3 is 0 Å². The van der Waals surface area contributed by atoms with Crippen LogP contribution in [0.1, 0.15) is 43.2 Å². The minimum absolute atomic E-state index is 0.0210. The second kappa shape index (κ2) is 10.00. The van der Waals surface area contributed by atoms with Crippen LogP contribution in [0.4, 0.5) is 21.9 Å². The lowest BCUT2D eigenvalue weighted by Gasteiger charge is -2.27. The third-order valence-electron chi connectivity index (χ3n) is 6.60. The minimum atomic E-state index is -0.439. The summed E-state index contributed by atoms with van der Waals surface area (Å²) in [7, 11) is 0. The van der Waals surface area contributed by atoms with Crippen molar-refractivity contribution in [2.75, 3.05) is 4.90 Å². The molecule has 1 heterocycles. The maximum Gasteiger partial charge on any atom is 0.349 e. The molecule has 8 heteroatoms. The van der Waals surface area contributed by atoms with Crippen molar-refractivity contribution in [3.63, 3.8) is 0 Å². The van der Waals surface area contributed by atoms with Crippen LogP contribution in [0, 0.1) is 16.0 Å². The van der Waals surface area contributed by atoms with Gasteiger partial charge in [0.1, 0.15) is 0 Å². The molecule has 2 aliphatic rings. The molecule has 1 aliphatic carbocycles. The number of carbonyl (C=O) groups excluding carboxylic acids is 1. The molecule has 0 spiro atoms. The third kappa shape index (κ3) is 4.84. The van der Waals surface area contributed by atoms with Crippen molar-refractivity contribution in [3.8, 4) is 0 Å². The fourth-order valence-electron chi connectivity index (χ4n) is 4.86. The van der Waals surface area contributed by atoms with Crippen molar-refractivity contribution < 1.29 is 9.72 Å². The molecule has 0 aromatic heterocycles. The lowest BCUT2D eigenvalue weighted by Crippen LogP contribution is -2.36. The van der Waals surface area contributed by atoms with E-state index < -0.39 is 4.92 Å². The number of fused-ring (bicyclic) bond motifs is 1. The average Bonchev–Trinajstić information content (AvgIpc) is 2.99. The van der Waals surface area contributed by atoms with E-state index >= 15 is 0 Å². The molecule has 3 aromatic rings. The van der Waals surface area contributed by atoms with Crippen LogP contribution >= 0.6 is 15.9 Å². The van der Waals surface area contributed by atoms with Gasteiger partial charge in [-0.15, -0.1) is 0 Å². The second-order valence-corrected chi connectivity index (χ2v) is 9.83. The molecular weight excluding hydrogens is 508 g/mol. The van der Waals surface area contributed by atoms with Crippen LogP contribution in [-0.2, 0) is 6.54 Å². The Labute approximate surface area is 212 Å². The number of urea groups is 1. The number of nitro benzene ring substituents is 1. The van der Waals surface area contributed by atoms with E-state index in [-0.39, 0.29) is 17.6 Å². The number of hydrogen-bond donors (Lipinski definition) is 0. The molecule has 0 atom stereocenters. The number of carbonyl (C=O) groups is 1. The number of nitrogens with zero attached hydrogens (tertiary/aromatic N) is 4. The second-order valence-electron chi connectivity index (χ2n) is 8.92. The summed E-state index contributed by atoms with van der Waals surface area (Å²) in [5, 5.41) is 17.8. The fourth-order valence-corrected chi connectivity index (χ4v) is 5.22. The van der Waals surface area contributed by atoms with Gasteiger partial charge in [0, 0.05) is 28.1 Å². The van der Waals surface area contributed by atoms with E-state index in [1.807, 2.05) is 48.5 Å². The van der Waals surface area contributed by atoms with E-state index in [9.17, 15) is 14.9 Å².